The maximum absolute atomic E-state index is 12.7. The average molecular weight is 384 g/mol. The fourth-order valence-corrected chi connectivity index (χ4v) is 5.06. The zero-order valence-electron chi connectivity index (χ0n) is 14.4. The Bertz CT molecular complexity index is 792. The normalized spacial score (nSPS) is 16.6. The lowest BCUT2D eigenvalue weighted by Crippen LogP contribution is -2.33. The van der Waals surface area contributed by atoms with Crippen LogP contribution >= 0.6 is 11.6 Å². The third-order valence-corrected chi connectivity index (χ3v) is 7.15. The number of carbonyl (C=O) groups excluding carboxylic acids is 1. The smallest absolute Gasteiger partial charge is 0.244 e. The van der Waals surface area contributed by atoms with Crippen molar-refractivity contribution in [2.24, 2.45) is 5.41 Å². The van der Waals surface area contributed by atoms with Gasteiger partial charge in [-0.1, -0.05) is 38.3 Å². The molecule has 0 atom stereocenters. The molecule has 1 saturated carbocycles. The summed E-state index contributed by atoms with van der Waals surface area (Å²) in [6.07, 6.45) is 2.72. The summed E-state index contributed by atoms with van der Waals surface area (Å²) in [5.74, 6) is -0.388. The summed E-state index contributed by atoms with van der Waals surface area (Å²) >= 11 is 6.09. The van der Waals surface area contributed by atoms with Crippen LogP contribution in [-0.4, -0.2) is 31.7 Å². The molecule has 136 valence electrons. The molecule has 2 rings (SSSR count). The van der Waals surface area contributed by atoms with Crippen LogP contribution in [0.25, 0.3) is 0 Å². The van der Waals surface area contributed by atoms with Crippen molar-refractivity contribution in [2.75, 3.05) is 18.4 Å². The van der Waals surface area contributed by atoms with E-state index in [1.165, 1.54) is 16.4 Å². The Labute approximate surface area is 153 Å². The largest absolute Gasteiger partial charge is 0.325 e. The molecule has 1 aromatic rings. The van der Waals surface area contributed by atoms with Crippen LogP contribution in [0.3, 0.4) is 0 Å². The number of anilines is 1. The number of nitrogens with one attached hydrogen (secondary N) is 1. The first-order valence-electron chi connectivity index (χ1n) is 8.33. The third kappa shape index (κ3) is 3.81. The molecule has 1 fully saturated rings. The van der Waals surface area contributed by atoms with Gasteiger partial charge in [-0.25, -0.2) is 8.42 Å². The van der Waals surface area contributed by atoms with Crippen LogP contribution in [0.1, 0.15) is 39.5 Å². The number of halogens is 1. The maximum atomic E-state index is 12.7. The van der Waals surface area contributed by atoms with Gasteiger partial charge in [-0.3, -0.25) is 4.79 Å². The molecule has 25 heavy (non-hydrogen) atoms. The summed E-state index contributed by atoms with van der Waals surface area (Å²) in [6.45, 7) is 4.14. The van der Waals surface area contributed by atoms with Crippen LogP contribution in [0, 0.1) is 16.7 Å². The second kappa shape index (κ2) is 7.73. The fraction of sp³-hybridized carbons (Fsp3) is 0.529. The average Bonchev–Trinajstić information content (AvgIpc) is 3.07. The monoisotopic (exact) mass is 383 g/mol. The van der Waals surface area contributed by atoms with E-state index in [9.17, 15) is 18.5 Å². The Kier molecular flexibility index (Phi) is 6.09. The second-order valence-corrected chi connectivity index (χ2v) is 8.40. The van der Waals surface area contributed by atoms with Crippen LogP contribution in [0.5, 0.6) is 0 Å². The molecular weight excluding hydrogens is 362 g/mol. The number of nitrogens with zero attached hydrogens (tertiary/aromatic N) is 2. The Morgan fingerprint density at radius 2 is 1.92 bits per heavy atom. The van der Waals surface area contributed by atoms with Crippen LogP contribution in [-0.2, 0) is 14.8 Å². The number of sulfonamides is 1. The molecular formula is C17H22ClN3O3S. The molecule has 0 aromatic heterocycles. The van der Waals surface area contributed by atoms with E-state index in [4.69, 9.17) is 11.6 Å². The number of rotatable bonds is 6. The van der Waals surface area contributed by atoms with Crippen molar-refractivity contribution in [2.45, 2.75) is 44.4 Å². The number of hydrogen-bond acceptors (Lipinski definition) is 4. The first kappa shape index (κ1) is 19.7. The van der Waals surface area contributed by atoms with Gasteiger partial charge in [-0.15, -0.1) is 0 Å². The highest BCUT2D eigenvalue weighted by molar-refractivity contribution is 7.89. The molecule has 1 aromatic carbocycles. The van der Waals surface area contributed by atoms with E-state index in [0.29, 0.717) is 31.6 Å². The molecule has 1 amide bonds. The number of benzene rings is 1. The molecule has 6 nitrogen and oxygen atoms in total. The lowest BCUT2D eigenvalue weighted by atomic mass is 9.87. The third-order valence-electron chi connectivity index (χ3n) is 4.62. The van der Waals surface area contributed by atoms with E-state index in [2.05, 4.69) is 11.4 Å². The zero-order valence-corrected chi connectivity index (χ0v) is 16.0. The van der Waals surface area contributed by atoms with Crippen LogP contribution in [0.4, 0.5) is 5.69 Å². The summed E-state index contributed by atoms with van der Waals surface area (Å²) < 4.78 is 26.7. The molecule has 0 heterocycles. The highest BCUT2D eigenvalue weighted by Gasteiger charge is 2.41. The van der Waals surface area contributed by atoms with E-state index in [0.717, 1.165) is 12.8 Å². The number of nitriles is 1. The van der Waals surface area contributed by atoms with E-state index in [-0.39, 0.29) is 15.8 Å². The minimum Gasteiger partial charge on any atom is -0.325 e. The lowest BCUT2D eigenvalue weighted by molar-refractivity contribution is -0.122. The van der Waals surface area contributed by atoms with Crippen molar-refractivity contribution >= 4 is 33.2 Å². The zero-order chi connectivity index (χ0) is 18.7. The number of hydrogen-bond donors (Lipinski definition) is 1. The molecule has 0 radical (unpaired) electrons. The number of amides is 1. The van der Waals surface area contributed by atoms with Crippen LogP contribution in [0.15, 0.2) is 23.1 Å². The van der Waals surface area contributed by atoms with Gasteiger partial charge >= 0.3 is 0 Å². The standard InChI is InChI=1S/C17H22ClN3O3S/c1-3-21(4-2)25(23,24)15-11-13(7-8-14(15)18)20-16(22)17(12-19)9-5-6-10-17/h7-8,11H,3-6,9-10H2,1-2H3,(H,20,22). The summed E-state index contributed by atoms with van der Waals surface area (Å²) in [4.78, 5) is 12.5. The van der Waals surface area contributed by atoms with Crippen LogP contribution < -0.4 is 5.32 Å². The van der Waals surface area contributed by atoms with E-state index in [1.807, 2.05) is 0 Å². The van der Waals surface area contributed by atoms with E-state index < -0.39 is 15.4 Å². The Balaban J connectivity index is 2.34. The summed E-state index contributed by atoms with van der Waals surface area (Å²) in [5.41, 5.74) is -0.709. The maximum Gasteiger partial charge on any atom is 0.244 e. The predicted molar refractivity (Wildman–Crippen MR) is 96.7 cm³/mol. The fourth-order valence-electron chi connectivity index (χ4n) is 3.10. The van der Waals surface area contributed by atoms with Gasteiger partial charge in [0.05, 0.1) is 11.1 Å². The Morgan fingerprint density at radius 3 is 2.44 bits per heavy atom. The predicted octanol–water partition coefficient (Wildman–Crippen LogP) is 3.39. The number of carbonyl (C=O) groups is 1. The van der Waals surface area contributed by atoms with E-state index in [1.54, 1.807) is 19.9 Å². The van der Waals surface area contributed by atoms with Crippen molar-refractivity contribution in [1.29, 1.82) is 5.26 Å². The minimum absolute atomic E-state index is 0.0481. The molecule has 0 saturated heterocycles. The molecule has 8 heteroatoms. The van der Waals surface area contributed by atoms with Gasteiger partial charge in [0.1, 0.15) is 10.3 Å². The van der Waals surface area contributed by atoms with Crippen molar-refractivity contribution in [3.05, 3.63) is 23.2 Å². The molecule has 1 aliphatic rings. The van der Waals surface area contributed by atoms with Gasteiger partial charge in [-0.05, 0) is 31.0 Å². The summed E-state index contributed by atoms with van der Waals surface area (Å²) in [7, 11) is -3.74. The summed E-state index contributed by atoms with van der Waals surface area (Å²) in [5, 5.41) is 12.2. The van der Waals surface area contributed by atoms with Crippen LogP contribution in [0.2, 0.25) is 5.02 Å². The summed E-state index contributed by atoms with van der Waals surface area (Å²) in [6, 6.07) is 6.47. The second-order valence-electron chi connectivity index (χ2n) is 6.09. The lowest BCUT2D eigenvalue weighted by Gasteiger charge is -2.21. The Morgan fingerprint density at radius 1 is 1.32 bits per heavy atom. The molecule has 0 spiro atoms. The molecule has 0 aliphatic heterocycles. The molecule has 1 aliphatic carbocycles. The molecule has 1 N–H and O–H groups in total. The van der Waals surface area contributed by atoms with Gasteiger partial charge in [0.15, 0.2) is 0 Å². The first-order chi connectivity index (χ1) is 11.8. The molecule has 0 unspecified atom stereocenters. The van der Waals surface area contributed by atoms with Crippen molar-refractivity contribution in [3.8, 4) is 6.07 Å². The van der Waals surface area contributed by atoms with Gasteiger partial charge in [0.2, 0.25) is 15.9 Å². The highest BCUT2D eigenvalue weighted by Crippen LogP contribution is 2.38. The van der Waals surface area contributed by atoms with Gasteiger partial charge in [0.25, 0.3) is 0 Å². The SMILES string of the molecule is CCN(CC)S(=O)(=O)c1cc(NC(=O)C2(C#N)CCCC2)ccc1Cl. The van der Waals surface area contributed by atoms with E-state index >= 15 is 0 Å². The van der Waals surface area contributed by atoms with Gasteiger partial charge < -0.3 is 5.32 Å². The highest BCUT2D eigenvalue weighted by atomic mass is 35.5. The topological polar surface area (TPSA) is 90.3 Å². The van der Waals surface area contributed by atoms with Gasteiger partial charge in [0, 0.05) is 18.8 Å². The molecule has 0 bridgehead atoms. The van der Waals surface area contributed by atoms with Crippen molar-refractivity contribution in [1.82, 2.24) is 4.31 Å². The first-order valence-corrected chi connectivity index (χ1v) is 10.1. The van der Waals surface area contributed by atoms with Gasteiger partial charge in [-0.2, -0.15) is 9.57 Å². The van der Waals surface area contributed by atoms with Crippen molar-refractivity contribution in [3.63, 3.8) is 0 Å². The Hall–Kier alpha value is -1.62. The van der Waals surface area contributed by atoms with Crippen molar-refractivity contribution < 1.29 is 13.2 Å². The minimum atomic E-state index is -3.74. The quantitative estimate of drug-likeness (QED) is 0.815.